The predicted octanol–water partition coefficient (Wildman–Crippen LogP) is 1.81. The average molecular weight is 545 g/mol. The number of carbonyl (C=O) groups is 1. The molecule has 0 unspecified atom stereocenters. The summed E-state index contributed by atoms with van der Waals surface area (Å²) < 4.78 is 10.9. The van der Waals surface area contributed by atoms with Crippen molar-refractivity contribution in [3.05, 3.63) is 23.3 Å². The van der Waals surface area contributed by atoms with E-state index in [4.69, 9.17) is 14.5 Å². The summed E-state index contributed by atoms with van der Waals surface area (Å²) in [6.07, 6.45) is 0.951. The fourth-order valence-electron chi connectivity index (χ4n) is 4.07. The first-order chi connectivity index (χ1) is 14.5. The fourth-order valence-corrected chi connectivity index (χ4v) is 4.07. The molecule has 0 aliphatic carbocycles. The summed E-state index contributed by atoms with van der Waals surface area (Å²) in [4.78, 5) is 23.0. The lowest BCUT2D eigenvalue weighted by molar-refractivity contribution is -0.130. The zero-order valence-electron chi connectivity index (χ0n) is 19.1. The number of fused-ring (bicyclic) bond motifs is 1. The number of piperazine rings is 1. The number of rotatable bonds is 6. The highest BCUT2D eigenvalue weighted by Gasteiger charge is 2.22. The first-order valence-electron chi connectivity index (χ1n) is 10.8. The van der Waals surface area contributed by atoms with E-state index in [1.807, 2.05) is 4.90 Å². The molecule has 0 atom stereocenters. The minimum atomic E-state index is 0. The van der Waals surface area contributed by atoms with E-state index in [-0.39, 0.29) is 29.9 Å². The molecule has 1 fully saturated rings. The molecular weight excluding hydrogens is 509 g/mol. The minimum Gasteiger partial charge on any atom is -0.493 e. The number of amides is 1. The van der Waals surface area contributed by atoms with Crippen molar-refractivity contribution in [3.63, 3.8) is 0 Å². The number of hydrogen-bond acceptors (Lipinski definition) is 5. The third-order valence-corrected chi connectivity index (χ3v) is 5.85. The number of halogens is 1. The number of hydrogen-bond donors (Lipinski definition) is 1. The number of benzene rings is 1. The summed E-state index contributed by atoms with van der Waals surface area (Å²) in [6, 6.07) is 4.18. The molecule has 2 aliphatic rings. The number of nitrogens with zero attached hydrogens (tertiary/aromatic N) is 4. The van der Waals surface area contributed by atoms with Gasteiger partial charge in [0.2, 0.25) is 5.91 Å². The monoisotopic (exact) mass is 545 g/mol. The summed E-state index contributed by atoms with van der Waals surface area (Å²) >= 11 is 0. The van der Waals surface area contributed by atoms with Crippen LogP contribution in [0.5, 0.6) is 11.5 Å². The molecule has 2 heterocycles. The van der Waals surface area contributed by atoms with Crippen LogP contribution < -0.4 is 14.8 Å². The second kappa shape index (κ2) is 12.3. The van der Waals surface area contributed by atoms with Gasteiger partial charge in [-0.15, -0.1) is 24.0 Å². The minimum absolute atomic E-state index is 0. The molecule has 8 nitrogen and oxygen atoms in total. The molecule has 0 bridgehead atoms. The normalized spacial score (nSPS) is 17.0. The Morgan fingerprint density at radius 1 is 1.03 bits per heavy atom. The predicted molar refractivity (Wildman–Crippen MR) is 134 cm³/mol. The van der Waals surface area contributed by atoms with Crippen LogP contribution in [-0.2, 0) is 17.8 Å². The highest BCUT2D eigenvalue weighted by molar-refractivity contribution is 14.0. The van der Waals surface area contributed by atoms with Crippen LogP contribution in [0, 0.1) is 0 Å². The highest BCUT2D eigenvalue weighted by Crippen LogP contribution is 2.33. The Morgan fingerprint density at radius 2 is 1.68 bits per heavy atom. The maximum absolute atomic E-state index is 11.5. The van der Waals surface area contributed by atoms with Crippen LogP contribution in [0.2, 0.25) is 0 Å². The van der Waals surface area contributed by atoms with Crippen molar-refractivity contribution >= 4 is 35.8 Å². The topological polar surface area (TPSA) is 69.6 Å². The summed E-state index contributed by atoms with van der Waals surface area (Å²) in [7, 11) is 3.35. The van der Waals surface area contributed by atoms with Gasteiger partial charge in [0, 0.05) is 59.3 Å². The average Bonchev–Trinajstić information content (AvgIpc) is 2.77. The molecule has 1 amide bonds. The Kier molecular flexibility index (Phi) is 10.1. The highest BCUT2D eigenvalue weighted by atomic mass is 127. The van der Waals surface area contributed by atoms with E-state index >= 15 is 0 Å². The molecule has 1 aromatic carbocycles. The Balaban J connectivity index is 0.00000341. The number of methoxy groups -OCH3 is 2. The largest absolute Gasteiger partial charge is 0.493 e. The van der Waals surface area contributed by atoms with Crippen molar-refractivity contribution in [2.24, 2.45) is 4.99 Å². The molecule has 0 spiro atoms. The lowest BCUT2D eigenvalue weighted by Gasteiger charge is -2.34. The van der Waals surface area contributed by atoms with Crippen LogP contribution in [0.4, 0.5) is 0 Å². The second-order valence-corrected chi connectivity index (χ2v) is 7.73. The van der Waals surface area contributed by atoms with Gasteiger partial charge in [0.1, 0.15) is 0 Å². The van der Waals surface area contributed by atoms with Gasteiger partial charge >= 0.3 is 0 Å². The molecule has 0 aromatic heterocycles. The van der Waals surface area contributed by atoms with Gasteiger partial charge in [0.15, 0.2) is 17.5 Å². The quantitative estimate of drug-likeness (QED) is 0.334. The maximum Gasteiger partial charge on any atom is 0.219 e. The molecule has 174 valence electrons. The number of guanidine groups is 1. The number of nitrogens with one attached hydrogen (secondary N) is 1. The standard InChI is InChI=1S/C22H35N5O3.HI/c1-5-23-22(24-7-9-25-10-12-26(13-11-25)17(2)28)27-8-6-18-14-20(29-3)21(30-4)15-19(18)16-27;/h14-15H,5-13,16H2,1-4H3,(H,23,24);1H. The molecule has 31 heavy (non-hydrogen) atoms. The van der Waals surface area contributed by atoms with E-state index in [9.17, 15) is 4.79 Å². The lowest BCUT2D eigenvalue weighted by atomic mass is 9.99. The van der Waals surface area contributed by atoms with E-state index in [1.165, 1.54) is 11.1 Å². The first kappa shape index (κ1) is 25.5. The van der Waals surface area contributed by atoms with Gasteiger partial charge in [-0.05, 0) is 36.6 Å². The molecule has 1 N–H and O–H groups in total. The molecule has 1 aromatic rings. The van der Waals surface area contributed by atoms with Gasteiger partial charge in [0.25, 0.3) is 0 Å². The van der Waals surface area contributed by atoms with Crippen LogP contribution in [0.3, 0.4) is 0 Å². The molecule has 3 rings (SSSR count). The van der Waals surface area contributed by atoms with E-state index in [2.05, 4.69) is 34.2 Å². The summed E-state index contributed by atoms with van der Waals surface area (Å²) in [5.74, 6) is 2.68. The number of ether oxygens (including phenoxy) is 2. The zero-order valence-corrected chi connectivity index (χ0v) is 21.5. The number of aliphatic imine (C=N–C) groups is 1. The van der Waals surface area contributed by atoms with Crippen LogP contribution in [0.1, 0.15) is 25.0 Å². The lowest BCUT2D eigenvalue weighted by Crippen LogP contribution is -2.49. The van der Waals surface area contributed by atoms with Crippen LogP contribution in [-0.4, -0.2) is 93.1 Å². The van der Waals surface area contributed by atoms with Crippen molar-refractivity contribution < 1.29 is 14.3 Å². The van der Waals surface area contributed by atoms with Gasteiger partial charge in [-0.3, -0.25) is 14.7 Å². The molecule has 2 aliphatic heterocycles. The SMILES string of the molecule is CCNC(=NCCN1CCN(C(C)=O)CC1)N1CCc2cc(OC)c(OC)cc2C1.I. The molecular formula is C22H36IN5O3. The zero-order chi connectivity index (χ0) is 21.5. The second-order valence-electron chi connectivity index (χ2n) is 7.73. The smallest absolute Gasteiger partial charge is 0.219 e. The Morgan fingerprint density at radius 3 is 2.26 bits per heavy atom. The number of carbonyl (C=O) groups excluding carboxylic acids is 1. The van der Waals surface area contributed by atoms with E-state index in [0.29, 0.717) is 0 Å². The van der Waals surface area contributed by atoms with Crippen LogP contribution in [0.15, 0.2) is 17.1 Å². The summed E-state index contributed by atoms with van der Waals surface area (Å²) in [5.41, 5.74) is 2.56. The van der Waals surface area contributed by atoms with Crippen molar-refractivity contribution in [2.75, 3.05) is 66.6 Å². The summed E-state index contributed by atoms with van der Waals surface area (Å²) in [5, 5.41) is 3.44. The Hall–Kier alpha value is -1.75. The van der Waals surface area contributed by atoms with Crippen molar-refractivity contribution in [1.82, 2.24) is 20.0 Å². The van der Waals surface area contributed by atoms with Gasteiger partial charge in [-0.2, -0.15) is 0 Å². The van der Waals surface area contributed by atoms with Crippen molar-refractivity contribution in [3.8, 4) is 11.5 Å². The van der Waals surface area contributed by atoms with E-state index in [1.54, 1.807) is 21.1 Å². The third-order valence-electron chi connectivity index (χ3n) is 5.85. The third kappa shape index (κ3) is 6.61. The molecule has 0 saturated carbocycles. The van der Waals surface area contributed by atoms with E-state index < -0.39 is 0 Å². The van der Waals surface area contributed by atoms with Crippen LogP contribution >= 0.6 is 24.0 Å². The van der Waals surface area contributed by atoms with Crippen LogP contribution in [0.25, 0.3) is 0 Å². The van der Waals surface area contributed by atoms with Crippen molar-refractivity contribution in [1.29, 1.82) is 0 Å². The van der Waals surface area contributed by atoms with E-state index in [0.717, 1.165) is 82.8 Å². The Bertz CT molecular complexity index is 766. The Labute approximate surface area is 203 Å². The van der Waals surface area contributed by atoms with Gasteiger partial charge in [-0.25, -0.2) is 0 Å². The maximum atomic E-state index is 11.5. The fraction of sp³-hybridized carbons (Fsp3) is 0.636. The molecule has 9 heteroatoms. The van der Waals surface area contributed by atoms with Crippen molar-refractivity contribution in [2.45, 2.75) is 26.8 Å². The van der Waals surface area contributed by atoms with Gasteiger partial charge in [0.05, 0.1) is 20.8 Å². The van der Waals surface area contributed by atoms with Gasteiger partial charge < -0.3 is 24.6 Å². The molecule has 1 saturated heterocycles. The first-order valence-corrected chi connectivity index (χ1v) is 10.8. The summed E-state index contributed by atoms with van der Waals surface area (Å²) in [6.45, 7) is 11.4. The molecule has 0 radical (unpaired) electrons. The van der Waals surface area contributed by atoms with Gasteiger partial charge in [-0.1, -0.05) is 0 Å².